The van der Waals surface area contributed by atoms with Crippen molar-refractivity contribution in [1.29, 1.82) is 0 Å². The summed E-state index contributed by atoms with van der Waals surface area (Å²) in [6.45, 7) is 14.4. The van der Waals surface area contributed by atoms with Crippen molar-refractivity contribution in [2.45, 2.75) is 127 Å². The van der Waals surface area contributed by atoms with Crippen LogP contribution in [0.15, 0.2) is 24.8 Å². The van der Waals surface area contributed by atoms with E-state index in [2.05, 4.69) is 43.1 Å². The Morgan fingerprint density at radius 1 is 0.606 bits per heavy atom. The lowest BCUT2D eigenvalue weighted by molar-refractivity contribution is -0.0408. The number of aryl methyl sites for hydroxylation is 1. The van der Waals surface area contributed by atoms with Crippen molar-refractivity contribution < 1.29 is 18.9 Å². The van der Waals surface area contributed by atoms with E-state index in [0.717, 1.165) is 198 Å². The molecule has 6 aliphatic rings. The van der Waals surface area contributed by atoms with E-state index in [1.165, 1.54) is 35.9 Å². The number of morpholine rings is 2. The smallest absolute Gasteiger partial charge is 0.230 e. The van der Waals surface area contributed by atoms with E-state index in [0.29, 0.717) is 54.4 Å². The molecule has 0 aromatic carbocycles. The third-order valence-electron chi connectivity index (χ3n) is 15.7. The molecule has 10 heterocycles. The average molecular weight is 1010 g/mol. The van der Waals surface area contributed by atoms with Gasteiger partial charge in [-0.15, -0.1) is 0 Å². The van der Waals surface area contributed by atoms with Gasteiger partial charge in [0.15, 0.2) is 9.66 Å². The quantitative estimate of drug-likeness (QED) is 0.0713. The predicted molar refractivity (Wildman–Crippen MR) is 276 cm³/mol. The molecule has 1 atom stereocenters. The summed E-state index contributed by atoms with van der Waals surface area (Å²) in [6, 6.07) is 1.89. The molecule has 6 aromatic rings. The van der Waals surface area contributed by atoms with Crippen LogP contribution in [0.25, 0.3) is 20.4 Å². The van der Waals surface area contributed by atoms with Crippen LogP contribution in [0.5, 0.6) is 0 Å². The van der Waals surface area contributed by atoms with Crippen LogP contribution < -0.4 is 21.3 Å². The normalized spacial score (nSPS) is 24.8. The molecule has 1 unspecified atom stereocenters. The van der Waals surface area contributed by atoms with E-state index in [1.54, 1.807) is 0 Å². The van der Waals surface area contributed by atoms with Crippen LogP contribution >= 0.6 is 23.1 Å². The Morgan fingerprint density at radius 3 is 1.73 bits per heavy atom. The van der Waals surface area contributed by atoms with Gasteiger partial charge in [-0.05, 0) is 93.7 Å². The lowest BCUT2D eigenvalue weighted by atomic mass is 9.89. The van der Waals surface area contributed by atoms with Crippen LogP contribution in [-0.4, -0.2) is 161 Å². The van der Waals surface area contributed by atoms with E-state index in [9.17, 15) is 0 Å². The van der Waals surface area contributed by atoms with E-state index in [-0.39, 0.29) is 5.92 Å². The first-order valence-electron chi connectivity index (χ1n) is 26.3. The summed E-state index contributed by atoms with van der Waals surface area (Å²) in [7, 11) is 0. The lowest BCUT2D eigenvalue weighted by Gasteiger charge is -2.39. The van der Waals surface area contributed by atoms with Crippen LogP contribution in [0.1, 0.15) is 101 Å². The average Bonchev–Trinajstić information content (AvgIpc) is 4.24. The van der Waals surface area contributed by atoms with Crippen LogP contribution in [0.2, 0.25) is 0 Å². The Balaban J connectivity index is 0.734. The number of nitrogens with zero attached hydrogens (tertiary/aromatic N) is 12. The Hall–Kier alpha value is -4.68. The number of anilines is 6. The fourth-order valence-corrected chi connectivity index (χ4v) is 13.3. The summed E-state index contributed by atoms with van der Waals surface area (Å²) in [4.78, 5) is 27.4. The maximum atomic E-state index is 5.73. The van der Waals surface area contributed by atoms with Crippen LogP contribution in [0.4, 0.5) is 34.9 Å². The molecule has 6 fully saturated rings. The van der Waals surface area contributed by atoms with Crippen molar-refractivity contribution in [3.05, 3.63) is 36.2 Å². The number of hydrogen-bond donors (Lipinski definition) is 4. The SMILES string of the molecule is CC(CCn1cc(Nc2nc(N[C@H]3CC[C@H](N4CCOCC4)CC3)c3c(C4CCOCC4)nsc3n2)cn1)c1nsc2nc(Nc3cnn(CC4COC4)c3)nc(N[C@H]3CC[C@H](N4CCOCC4)CC3)c12. The largest absolute Gasteiger partial charge is 0.381 e. The first-order valence-corrected chi connectivity index (χ1v) is 27.8. The molecule has 4 saturated heterocycles. The maximum Gasteiger partial charge on any atom is 0.230 e. The van der Waals surface area contributed by atoms with E-state index >= 15 is 0 Å². The van der Waals surface area contributed by atoms with Gasteiger partial charge in [-0.1, -0.05) is 6.92 Å². The second-order valence-electron chi connectivity index (χ2n) is 20.6. The maximum absolute atomic E-state index is 5.73. The Bertz CT molecular complexity index is 2690. The molecule has 2 saturated carbocycles. The summed E-state index contributed by atoms with van der Waals surface area (Å²) in [6.07, 6.45) is 19.6. The van der Waals surface area contributed by atoms with Gasteiger partial charge in [0.2, 0.25) is 11.9 Å². The zero-order chi connectivity index (χ0) is 47.5. The molecule has 0 spiro atoms. The molecule has 0 radical (unpaired) electrons. The molecular formula is C49H68N16O4S2. The fraction of sp³-hybridized carbons (Fsp3) is 0.673. The molecule has 22 heteroatoms. The molecule has 71 heavy (non-hydrogen) atoms. The van der Waals surface area contributed by atoms with Gasteiger partial charge in [0.25, 0.3) is 0 Å². The Kier molecular flexibility index (Phi) is 14.5. The summed E-state index contributed by atoms with van der Waals surface area (Å²) < 4.78 is 36.5. The van der Waals surface area contributed by atoms with Crippen molar-refractivity contribution in [1.82, 2.24) is 58.0 Å². The molecule has 4 N–H and O–H groups in total. The summed E-state index contributed by atoms with van der Waals surface area (Å²) in [5.74, 6) is 3.79. The number of nitrogens with one attached hydrogen (secondary N) is 4. The number of rotatable bonds is 17. The summed E-state index contributed by atoms with van der Waals surface area (Å²) in [5.41, 5.74) is 3.82. The van der Waals surface area contributed by atoms with Crippen molar-refractivity contribution in [3.63, 3.8) is 0 Å². The molecule has 2 aliphatic carbocycles. The second kappa shape index (κ2) is 21.8. The molecule has 380 valence electrons. The number of fused-ring (bicyclic) bond motifs is 2. The van der Waals surface area contributed by atoms with Crippen LogP contribution in [-0.2, 0) is 32.0 Å². The summed E-state index contributed by atoms with van der Waals surface area (Å²) >= 11 is 2.91. The Labute approximate surface area is 422 Å². The topological polar surface area (TPSA) is 205 Å². The Morgan fingerprint density at radius 2 is 1.14 bits per heavy atom. The van der Waals surface area contributed by atoms with Gasteiger partial charge in [-0.2, -0.15) is 38.9 Å². The molecule has 0 bridgehead atoms. The van der Waals surface area contributed by atoms with Gasteiger partial charge in [0.1, 0.15) is 11.6 Å². The first-order chi connectivity index (χ1) is 35.0. The molecular weight excluding hydrogens is 941 g/mol. The highest BCUT2D eigenvalue weighted by molar-refractivity contribution is 7.13. The monoisotopic (exact) mass is 1010 g/mol. The van der Waals surface area contributed by atoms with Gasteiger partial charge in [0.05, 0.1) is 85.6 Å². The predicted octanol–water partition coefficient (Wildman–Crippen LogP) is 7.21. The third-order valence-corrected chi connectivity index (χ3v) is 17.2. The first kappa shape index (κ1) is 47.3. The molecule has 4 aliphatic heterocycles. The van der Waals surface area contributed by atoms with Gasteiger partial charge in [-0.25, -0.2) is 0 Å². The van der Waals surface area contributed by atoms with Gasteiger partial charge in [-0.3, -0.25) is 19.2 Å². The lowest BCUT2D eigenvalue weighted by Crippen LogP contribution is -2.46. The minimum Gasteiger partial charge on any atom is -0.381 e. The van der Waals surface area contributed by atoms with Gasteiger partial charge in [0, 0.05) is 107 Å². The van der Waals surface area contributed by atoms with Gasteiger partial charge < -0.3 is 40.2 Å². The molecule has 12 rings (SSSR count). The van der Waals surface area contributed by atoms with Gasteiger partial charge >= 0.3 is 0 Å². The van der Waals surface area contributed by atoms with Crippen molar-refractivity contribution in [3.8, 4) is 0 Å². The van der Waals surface area contributed by atoms with Crippen molar-refractivity contribution >= 4 is 78.4 Å². The highest BCUT2D eigenvalue weighted by Crippen LogP contribution is 2.40. The zero-order valence-corrected chi connectivity index (χ0v) is 42.5. The molecule has 6 aromatic heterocycles. The van der Waals surface area contributed by atoms with Crippen LogP contribution in [0.3, 0.4) is 0 Å². The van der Waals surface area contributed by atoms with Crippen LogP contribution in [0, 0.1) is 5.92 Å². The van der Waals surface area contributed by atoms with Crippen molar-refractivity contribution in [2.24, 2.45) is 5.92 Å². The van der Waals surface area contributed by atoms with E-state index in [1.807, 2.05) is 34.2 Å². The minimum absolute atomic E-state index is 0.123. The number of hydrogen-bond acceptors (Lipinski definition) is 20. The molecule has 0 amide bonds. The number of aromatic nitrogens is 10. The number of ether oxygens (including phenoxy) is 4. The molecule has 20 nitrogen and oxygen atoms in total. The highest BCUT2D eigenvalue weighted by Gasteiger charge is 2.32. The highest BCUT2D eigenvalue weighted by atomic mass is 32.1. The summed E-state index contributed by atoms with van der Waals surface area (Å²) in [5, 5.41) is 26.3. The fourth-order valence-electron chi connectivity index (χ4n) is 11.6. The van der Waals surface area contributed by atoms with Crippen molar-refractivity contribution in [2.75, 3.05) is 100 Å². The zero-order valence-electron chi connectivity index (χ0n) is 40.8. The van der Waals surface area contributed by atoms with E-state index < -0.39 is 0 Å². The standard InChI is InChI=1S/C49H68N16O4S2/c1-31(42-40-44(52-34-2-6-38(7-3-34)62-14-20-67-21-15-62)56-49(58-46(40)70-60-42)55-37-25-51-65(28-37)26-32-29-69-30-32)10-13-64-27-36(24-50-64)54-48-57-45(41-43(61-71-47(41)59-48)33-11-18-66-19-12-33)53-35-4-8-39(9-5-35)63-16-22-68-23-17-63/h24-25,27-28,31-35,38-39H,2-23,26,29-30H2,1H3,(H2,52,55,56,58)(H2,53,54,57,59)/t31?,34-,35-,38-,39-. The third kappa shape index (κ3) is 11.0. The second-order valence-corrected chi connectivity index (χ2v) is 22.1. The minimum atomic E-state index is 0.123. The van der Waals surface area contributed by atoms with E-state index in [4.69, 9.17) is 52.7 Å².